The SMILES string of the molecule is C=CC1=c2c(nsc2=C)-c2ccccc2C1=O. The molecular formula is C14H9NOS. The van der Waals surface area contributed by atoms with Gasteiger partial charge in [0.05, 0.1) is 5.69 Å². The summed E-state index contributed by atoms with van der Waals surface area (Å²) in [7, 11) is 0. The van der Waals surface area contributed by atoms with Crippen LogP contribution in [-0.2, 0) is 0 Å². The molecule has 2 nitrogen and oxygen atoms in total. The molecule has 0 fully saturated rings. The lowest BCUT2D eigenvalue weighted by Crippen LogP contribution is -2.28. The molecule has 82 valence electrons. The summed E-state index contributed by atoms with van der Waals surface area (Å²) >= 11 is 1.32. The van der Waals surface area contributed by atoms with E-state index in [9.17, 15) is 4.79 Å². The number of carbonyl (C=O) groups excluding carboxylic acids is 1. The van der Waals surface area contributed by atoms with Crippen LogP contribution >= 0.6 is 11.5 Å². The van der Waals surface area contributed by atoms with Crippen LogP contribution in [0.5, 0.6) is 0 Å². The second-order valence-corrected chi connectivity index (χ2v) is 4.68. The number of ketones is 1. The predicted octanol–water partition coefficient (Wildman–Crippen LogP) is 1.75. The number of hydrogen-bond donors (Lipinski definition) is 0. The van der Waals surface area contributed by atoms with Crippen molar-refractivity contribution in [2.24, 2.45) is 0 Å². The molecule has 0 N–H and O–H groups in total. The standard InChI is InChI=1S/C14H9NOS/c1-3-9-12-8(2)17-15-13(12)10-6-4-5-7-11(10)14(9)16/h3-7H,1-2H2. The number of allylic oxidation sites excluding steroid dienone is 1. The molecule has 0 atom stereocenters. The molecule has 0 radical (unpaired) electrons. The first-order chi connectivity index (χ1) is 8.24. The van der Waals surface area contributed by atoms with Gasteiger partial charge >= 0.3 is 0 Å². The molecule has 1 heterocycles. The van der Waals surface area contributed by atoms with Gasteiger partial charge in [-0.25, -0.2) is 0 Å². The maximum Gasteiger partial charge on any atom is 0.194 e. The van der Waals surface area contributed by atoms with Crippen molar-refractivity contribution in [2.45, 2.75) is 0 Å². The van der Waals surface area contributed by atoms with E-state index in [0.29, 0.717) is 11.1 Å². The molecule has 17 heavy (non-hydrogen) atoms. The number of benzene rings is 1. The number of nitrogens with zero attached hydrogens (tertiary/aromatic N) is 1. The van der Waals surface area contributed by atoms with Crippen LogP contribution in [0.25, 0.3) is 23.4 Å². The fraction of sp³-hybridized carbons (Fsp3) is 0. The van der Waals surface area contributed by atoms with Crippen LogP contribution in [0.3, 0.4) is 0 Å². The number of hydrogen-bond acceptors (Lipinski definition) is 3. The van der Waals surface area contributed by atoms with Crippen molar-refractivity contribution in [3.8, 4) is 11.3 Å². The molecule has 1 aliphatic rings. The predicted molar refractivity (Wildman–Crippen MR) is 70.3 cm³/mol. The highest BCUT2D eigenvalue weighted by Gasteiger charge is 2.24. The minimum atomic E-state index is 0.00759. The van der Waals surface area contributed by atoms with Crippen molar-refractivity contribution in [2.75, 3.05) is 0 Å². The fourth-order valence-corrected chi connectivity index (χ4v) is 2.82. The van der Waals surface area contributed by atoms with Gasteiger partial charge in [0, 0.05) is 26.5 Å². The van der Waals surface area contributed by atoms with E-state index in [1.165, 1.54) is 11.5 Å². The lowest BCUT2D eigenvalue weighted by molar-refractivity contribution is 0.105. The van der Waals surface area contributed by atoms with Crippen LogP contribution in [0.4, 0.5) is 0 Å². The highest BCUT2D eigenvalue weighted by atomic mass is 32.1. The van der Waals surface area contributed by atoms with Gasteiger partial charge in [-0.1, -0.05) is 43.5 Å². The third-order valence-corrected chi connectivity index (χ3v) is 3.61. The van der Waals surface area contributed by atoms with E-state index < -0.39 is 0 Å². The Morgan fingerprint density at radius 2 is 1.94 bits per heavy atom. The largest absolute Gasteiger partial charge is 0.289 e. The molecule has 0 amide bonds. The zero-order valence-corrected chi connectivity index (χ0v) is 9.88. The van der Waals surface area contributed by atoms with Crippen LogP contribution in [0.15, 0.2) is 36.9 Å². The lowest BCUT2D eigenvalue weighted by Gasteiger charge is -2.12. The summed E-state index contributed by atoms with van der Waals surface area (Å²) in [6.07, 6.45) is 1.60. The number of aromatic nitrogens is 1. The fourth-order valence-electron chi connectivity index (χ4n) is 2.13. The Labute approximate surface area is 102 Å². The highest BCUT2D eigenvalue weighted by Crippen LogP contribution is 2.26. The maximum absolute atomic E-state index is 12.3. The van der Waals surface area contributed by atoms with Gasteiger partial charge in [0.15, 0.2) is 5.78 Å². The quantitative estimate of drug-likeness (QED) is 0.759. The Bertz CT molecular complexity index is 755. The van der Waals surface area contributed by atoms with Crippen molar-refractivity contribution in [1.29, 1.82) is 0 Å². The van der Waals surface area contributed by atoms with Gasteiger partial charge in [-0.15, -0.1) is 0 Å². The lowest BCUT2D eigenvalue weighted by atomic mass is 9.89. The summed E-state index contributed by atoms with van der Waals surface area (Å²) < 4.78 is 5.21. The topological polar surface area (TPSA) is 30.0 Å². The van der Waals surface area contributed by atoms with E-state index in [4.69, 9.17) is 0 Å². The first-order valence-electron chi connectivity index (χ1n) is 5.19. The molecule has 0 bridgehead atoms. The molecule has 0 unspecified atom stereocenters. The number of rotatable bonds is 1. The molecule has 1 aliphatic carbocycles. The van der Waals surface area contributed by atoms with E-state index in [1.807, 2.05) is 24.3 Å². The molecule has 0 spiro atoms. The van der Waals surface area contributed by atoms with Crippen LogP contribution in [-0.4, -0.2) is 10.2 Å². The minimum Gasteiger partial charge on any atom is -0.289 e. The van der Waals surface area contributed by atoms with Crippen molar-refractivity contribution in [3.63, 3.8) is 0 Å². The van der Waals surface area contributed by atoms with Crippen LogP contribution < -0.4 is 9.75 Å². The molecule has 0 saturated carbocycles. The Kier molecular flexibility index (Phi) is 2.09. The monoisotopic (exact) mass is 239 g/mol. The first-order valence-corrected chi connectivity index (χ1v) is 5.97. The van der Waals surface area contributed by atoms with Crippen LogP contribution in [0.2, 0.25) is 0 Å². The van der Waals surface area contributed by atoms with Crippen molar-refractivity contribution < 1.29 is 4.79 Å². The zero-order chi connectivity index (χ0) is 12.0. The summed E-state index contributed by atoms with van der Waals surface area (Å²) in [5, 5.41) is 0.841. The van der Waals surface area contributed by atoms with Gasteiger partial charge in [-0.3, -0.25) is 4.79 Å². The summed E-state index contributed by atoms with van der Waals surface area (Å²) in [5.41, 5.74) is 3.05. The highest BCUT2D eigenvalue weighted by molar-refractivity contribution is 7.03. The van der Waals surface area contributed by atoms with Gasteiger partial charge in [0.2, 0.25) is 0 Å². The third kappa shape index (κ3) is 1.26. The zero-order valence-electron chi connectivity index (χ0n) is 9.06. The number of Topliss-reactive ketones (excluding diaryl/α,β-unsaturated/α-hetero) is 1. The molecule has 0 saturated heterocycles. The normalized spacial score (nSPS) is 13.2. The number of carbonyl (C=O) groups is 1. The van der Waals surface area contributed by atoms with E-state index in [-0.39, 0.29) is 5.78 Å². The Morgan fingerprint density at radius 1 is 1.24 bits per heavy atom. The van der Waals surface area contributed by atoms with Gasteiger partial charge in [0.25, 0.3) is 0 Å². The Hall–Kier alpha value is -2.00. The van der Waals surface area contributed by atoms with E-state index in [1.54, 1.807) is 6.08 Å². The summed E-state index contributed by atoms with van der Waals surface area (Å²) in [4.78, 5) is 12.3. The second kappa shape index (κ2) is 3.50. The van der Waals surface area contributed by atoms with Crippen LogP contribution in [0, 0.1) is 0 Å². The van der Waals surface area contributed by atoms with Crippen LogP contribution in [0.1, 0.15) is 10.4 Å². The third-order valence-electron chi connectivity index (χ3n) is 2.91. The van der Waals surface area contributed by atoms with Gasteiger partial charge in [0.1, 0.15) is 0 Å². The number of fused-ring (bicyclic) bond motifs is 3. The molecule has 0 aliphatic heterocycles. The Balaban J connectivity index is 2.58. The van der Waals surface area contributed by atoms with E-state index in [0.717, 1.165) is 21.0 Å². The van der Waals surface area contributed by atoms with Gasteiger partial charge in [-0.05, 0) is 11.5 Å². The first kappa shape index (κ1) is 10.2. The summed E-state index contributed by atoms with van der Waals surface area (Å²) in [5.74, 6) is 0.00759. The molecule has 1 aromatic carbocycles. The van der Waals surface area contributed by atoms with Gasteiger partial charge in [-0.2, -0.15) is 4.37 Å². The molecular weight excluding hydrogens is 230 g/mol. The Morgan fingerprint density at radius 3 is 2.65 bits per heavy atom. The molecule has 2 aromatic rings. The van der Waals surface area contributed by atoms with E-state index in [2.05, 4.69) is 17.5 Å². The smallest absolute Gasteiger partial charge is 0.194 e. The maximum atomic E-state index is 12.3. The second-order valence-electron chi connectivity index (χ2n) is 3.82. The average molecular weight is 239 g/mol. The van der Waals surface area contributed by atoms with Crippen molar-refractivity contribution in [1.82, 2.24) is 4.37 Å². The molecule has 3 heteroatoms. The molecule has 1 aromatic heterocycles. The summed E-state index contributed by atoms with van der Waals surface area (Å²) in [6.45, 7) is 7.65. The minimum absolute atomic E-state index is 0.00759. The van der Waals surface area contributed by atoms with E-state index >= 15 is 0 Å². The summed E-state index contributed by atoms with van der Waals surface area (Å²) in [6, 6.07) is 7.52. The van der Waals surface area contributed by atoms with Crippen molar-refractivity contribution in [3.05, 3.63) is 52.2 Å². The van der Waals surface area contributed by atoms with Crippen molar-refractivity contribution >= 4 is 29.5 Å². The molecule has 3 rings (SSSR count). The van der Waals surface area contributed by atoms with Gasteiger partial charge < -0.3 is 0 Å². The average Bonchev–Trinajstić information content (AvgIpc) is 2.73.